The summed E-state index contributed by atoms with van der Waals surface area (Å²) < 4.78 is 5.70. The predicted molar refractivity (Wildman–Crippen MR) is 76.2 cm³/mol. The molecule has 0 fully saturated rings. The number of aromatic carboxylic acids is 1. The van der Waals surface area contributed by atoms with E-state index in [0.717, 1.165) is 6.42 Å². The van der Waals surface area contributed by atoms with Crippen LogP contribution in [0.1, 0.15) is 27.4 Å². The van der Waals surface area contributed by atoms with E-state index in [1.54, 1.807) is 6.07 Å². The third-order valence-corrected chi connectivity index (χ3v) is 3.66. The van der Waals surface area contributed by atoms with Crippen LogP contribution in [-0.4, -0.2) is 17.7 Å². The largest absolute Gasteiger partial charge is 0.491 e. The Morgan fingerprint density at radius 3 is 2.85 bits per heavy atom. The van der Waals surface area contributed by atoms with Gasteiger partial charge in [-0.3, -0.25) is 0 Å². The number of carboxylic acids is 1. The number of hydrogen-bond donors (Lipinski definition) is 2. The third kappa shape index (κ3) is 2.20. The lowest BCUT2D eigenvalue weighted by atomic mass is 9.78. The molecule has 102 valence electrons. The number of carboxylic acid groups (broad SMARTS) is 1. The van der Waals surface area contributed by atoms with Crippen molar-refractivity contribution in [3.05, 3.63) is 59.2 Å². The second-order valence-corrected chi connectivity index (χ2v) is 4.97. The van der Waals surface area contributed by atoms with Crippen molar-refractivity contribution in [2.45, 2.75) is 12.3 Å². The van der Waals surface area contributed by atoms with Gasteiger partial charge in [-0.25, -0.2) is 4.79 Å². The van der Waals surface area contributed by atoms with Gasteiger partial charge in [0.25, 0.3) is 0 Å². The van der Waals surface area contributed by atoms with Crippen molar-refractivity contribution in [2.75, 3.05) is 12.3 Å². The summed E-state index contributed by atoms with van der Waals surface area (Å²) in [6.45, 7) is 0.518. The first-order chi connectivity index (χ1) is 9.65. The Kier molecular flexibility index (Phi) is 3.06. The zero-order chi connectivity index (χ0) is 14.1. The molecule has 0 bridgehead atoms. The highest BCUT2D eigenvalue weighted by molar-refractivity contribution is 5.89. The minimum Gasteiger partial charge on any atom is -0.491 e. The third-order valence-electron chi connectivity index (χ3n) is 3.66. The molecular formula is C16H15NO3. The van der Waals surface area contributed by atoms with Gasteiger partial charge in [0.15, 0.2) is 0 Å². The minimum atomic E-state index is -0.983. The van der Waals surface area contributed by atoms with Crippen molar-refractivity contribution in [3.8, 4) is 5.75 Å². The van der Waals surface area contributed by atoms with E-state index in [1.165, 1.54) is 23.3 Å². The van der Waals surface area contributed by atoms with Gasteiger partial charge >= 0.3 is 5.97 Å². The van der Waals surface area contributed by atoms with Crippen molar-refractivity contribution in [1.82, 2.24) is 0 Å². The highest BCUT2D eigenvalue weighted by Crippen LogP contribution is 2.35. The van der Waals surface area contributed by atoms with Crippen LogP contribution in [0.4, 0.5) is 5.69 Å². The first-order valence-corrected chi connectivity index (χ1v) is 6.48. The molecule has 0 saturated heterocycles. The lowest BCUT2D eigenvalue weighted by Gasteiger charge is -2.30. The zero-order valence-corrected chi connectivity index (χ0v) is 10.9. The van der Waals surface area contributed by atoms with Crippen molar-refractivity contribution in [3.63, 3.8) is 0 Å². The van der Waals surface area contributed by atoms with Crippen LogP contribution >= 0.6 is 0 Å². The SMILES string of the molecule is Nc1ccc(C(=O)O)cc1OCC1Cc2ccccc21. The molecule has 3 N–H and O–H groups in total. The average Bonchev–Trinajstić information content (AvgIpc) is 2.41. The molecular weight excluding hydrogens is 254 g/mol. The summed E-state index contributed by atoms with van der Waals surface area (Å²) in [5.41, 5.74) is 9.12. The van der Waals surface area contributed by atoms with E-state index in [0.29, 0.717) is 24.0 Å². The predicted octanol–water partition coefficient (Wildman–Crippen LogP) is 2.69. The molecule has 0 aliphatic heterocycles. The molecule has 3 rings (SSSR count). The van der Waals surface area contributed by atoms with Crippen LogP contribution < -0.4 is 10.5 Å². The van der Waals surface area contributed by atoms with Gasteiger partial charge in [0.05, 0.1) is 17.9 Å². The number of nitrogens with two attached hydrogens (primary N) is 1. The number of carbonyl (C=O) groups is 1. The molecule has 1 aliphatic rings. The van der Waals surface area contributed by atoms with E-state index in [4.69, 9.17) is 15.6 Å². The van der Waals surface area contributed by atoms with Crippen LogP contribution in [0.25, 0.3) is 0 Å². The van der Waals surface area contributed by atoms with Crippen LogP contribution in [-0.2, 0) is 6.42 Å². The number of ether oxygens (including phenoxy) is 1. The van der Waals surface area contributed by atoms with E-state index in [9.17, 15) is 4.79 Å². The van der Waals surface area contributed by atoms with Gasteiger partial charge < -0.3 is 15.6 Å². The first kappa shape index (κ1) is 12.5. The molecule has 1 aliphatic carbocycles. The standard InChI is InChI=1S/C16H15NO3/c17-14-6-5-11(16(18)19)8-15(14)20-9-12-7-10-3-1-2-4-13(10)12/h1-6,8,12H,7,9,17H2,(H,18,19). The maximum Gasteiger partial charge on any atom is 0.335 e. The van der Waals surface area contributed by atoms with Crippen LogP contribution in [0.5, 0.6) is 5.75 Å². The molecule has 1 unspecified atom stereocenters. The van der Waals surface area contributed by atoms with Gasteiger partial charge in [-0.1, -0.05) is 24.3 Å². The number of nitrogen functional groups attached to an aromatic ring is 1. The summed E-state index contributed by atoms with van der Waals surface area (Å²) >= 11 is 0. The van der Waals surface area contributed by atoms with Crippen molar-refractivity contribution in [1.29, 1.82) is 0 Å². The summed E-state index contributed by atoms with van der Waals surface area (Å²) in [6.07, 6.45) is 0.995. The molecule has 1 atom stereocenters. The van der Waals surface area contributed by atoms with Gasteiger partial charge in [-0.2, -0.15) is 0 Å². The molecule has 0 radical (unpaired) electrons. The molecule has 4 heteroatoms. The second kappa shape index (κ2) is 4.89. The monoisotopic (exact) mass is 269 g/mol. The van der Waals surface area contributed by atoms with Crippen LogP contribution in [0.15, 0.2) is 42.5 Å². The van der Waals surface area contributed by atoms with Crippen molar-refractivity contribution in [2.24, 2.45) is 0 Å². The summed E-state index contributed by atoms with van der Waals surface area (Å²) in [6, 6.07) is 12.8. The summed E-state index contributed by atoms with van der Waals surface area (Å²) in [7, 11) is 0. The van der Waals surface area contributed by atoms with Crippen LogP contribution in [0.2, 0.25) is 0 Å². The number of rotatable bonds is 4. The molecule has 2 aromatic carbocycles. The van der Waals surface area contributed by atoms with Gasteiger partial charge in [0.2, 0.25) is 0 Å². The second-order valence-electron chi connectivity index (χ2n) is 4.97. The Bertz CT molecular complexity index is 667. The Morgan fingerprint density at radius 2 is 2.10 bits per heavy atom. The Balaban J connectivity index is 1.71. The summed E-state index contributed by atoms with van der Waals surface area (Å²) in [5.74, 6) is -0.183. The molecule has 2 aromatic rings. The fraction of sp³-hybridized carbons (Fsp3) is 0.188. The lowest BCUT2D eigenvalue weighted by Crippen LogP contribution is -2.23. The molecule has 0 aromatic heterocycles. The summed E-state index contributed by atoms with van der Waals surface area (Å²) in [4.78, 5) is 10.9. The Labute approximate surface area is 116 Å². The average molecular weight is 269 g/mol. The van der Waals surface area contributed by atoms with Gasteiger partial charge in [-0.15, -0.1) is 0 Å². The normalized spacial score (nSPS) is 16.1. The van der Waals surface area contributed by atoms with Gasteiger partial charge in [0.1, 0.15) is 5.75 Å². The fourth-order valence-corrected chi connectivity index (χ4v) is 2.49. The van der Waals surface area contributed by atoms with E-state index in [1.807, 2.05) is 12.1 Å². The van der Waals surface area contributed by atoms with E-state index >= 15 is 0 Å². The van der Waals surface area contributed by atoms with Crippen molar-refractivity contribution < 1.29 is 14.6 Å². The topological polar surface area (TPSA) is 72.6 Å². The first-order valence-electron chi connectivity index (χ1n) is 6.48. The Morgan fingerprint density at radius 1 is 1.30 bits per heavy atom. The summed E-state index contributed by atoms with van der Waals surface area (Å²) in [5, 5.41) is 8.97. The maximum absolute atomic E-state index is 10.9. The number of anilines is 1. The zero-order valence-electron chi connectivity index (χ0n) is 10.9. The number of fused-ring (bicyclic) bond motifs is 1. The molecule has 0 spiro atoms. The molecule has 0 amide bonds. The smallest absolute Gasteiger partial charge is 0.335 e. The van der Waals surface area contributed by atoms with E-state index in [-0.39, 0.29) is 5.56 Å². The van der Waals surface area contributed by atoms with Gasteiger partial charge in [0, 0.05) is 5.92 Å². The number of hydrogen-bond acceptors (Lipinski definition) is 3. The lowest BCUT2D eigenvalue weighted by molar-refractivity contribution is 0.0696. The van der Waals surface area contributed by atoms with E-state index in [2.05, 4.69) is 12.1 Å². The van der Waals surface area contributed by atoms with Crippen LogP contribution in [0.3, 0.4) is 0 Å². The van der Waals surface area contributed by atoms with Crippen LogP contribution in [0, 0.1) is 0 Å². The van der Waals surface area contributed by atoms with Gasteiger partial charge in [-0.05, 0) is 35.7 Å². The van der Waals surface area contributed by atoms with Crippen molar-refractivity contribution >= 4 is 11.7 Å². The highest BCUT2D eigenvalue weighted by atomic mass is 16.5. The minimum absolute atomic E-state index is 0.184. The highest BCUT2D eigenvalue weighted by Gasteiger charge is 2.26. The molecule has 4 nitrogen and oxygen atoms in total. The maximum atomic E-state index is 10.9. The molecule has 0 heterocycles. The Hall–Kier alpha value is -2.49. The fourth-order valence-electron chi connectivity index (χ4n) is 2.49. The number of benzene rings is 2. The quantitative estimate of drug-likeness (QED) is 0.837. The van der Waals surface area contributed by atoms with E-state index < -0.39 is 5.97 Å². The molecule has 20 heavy (non-hydrogen) atoms. The molecule has 0 saturated carbocycles.